The molecule has 1 aromatic carbocycles. The number of amides is 1. The number of hydrogen-bond acceptors (Lipinski definition) is 3. The monoisotopic (exact) mass is 248 g/mol. The zero-order valence-corrected chi connectivity index (χ0v) is 11.0. The Morgan fingerprint density at radius 1 is 1.44 bits per heavy atom. The standard InChI is InChI=1S/C14H20N2O2/c1-3-10-4-5-13(18-2)11(8-10)12-9-16-14(17)6-7-15-12/h4-5,8,12,15H,3,6-7,9H2,1-2H3,(H,16,17). The van der Waals surface area contributed by atoms with Gasteiger partial charge in [-0.2, -0.15) is 0 Å². The van der Waals surface area contributed by atoms with Crippen LogP contribution in [0.15, 0.2) is 18.2 Å². The molecule has 1 fully saturated rings. The molecule has 18 heavy (non-hydrogen) atoms. The highest BCUT2D eigenvalue weighted by molar-refractivity contribution is 5.76. The number of hydrogen-bond donors (Lipinski definition) is 2. The van der Waals surface area contributed by atoms with E-state index in [2.05, 4.69) is 29.7 Å². The van der Waals surface area contributed by atoms with Gasteiger partial charge in [0, 0.05) is 25.1 Å². The Morgan fingerprint density at radius 3 is 3.00 bits per heavy atom. The summed E-state index contributed by atoms with van der Waals surface area (Å²) in [6.07, 6.45) is 1.53. The third kappa shape index (κ3) is 2.82. The van der Waals surface area contributed by atoms with Crippen LogP contribution < -0.4 is 15.4 Å². The van der Waals surface area contributed by atoms with E-state index in [0.717, 1.165) is 17.7 Å². The second-order valence-electron chi connectivity index (χ2n) is 4.49. The van der Waals surface area contributed by atoms with Crippen LogP contribution in [0.4, 0.5) is 0 Å². The molecule has 1 amide bonds. The van der Waals surface area contributed by atoms with Gasteiger partial charge in [-0.1, -0.05) is 19.1 Å². The summed E-state index contributed by atoms with van der Waals surface area (Å²) in [6, 6.07) is 6.37. The van der Waals surface area contributed by atoms with Crippen LogP contribution in [0.1, 0.15) is 30.5 Å². The van der Waals surface area contributed by atoms with E-state index in [1.54, 1.807) is 7.11 Å². The van der Waals surface area contributed by atoms with E-state index in [1.807, 2.05) is 6.07 Å². The lowest BCUT2D eigenvalue weighted by Gasteiger charge is -2.19. The van der Waals surface area contributed by atoms with Crippen molar-refractivity contribution in [3.05, 3.63) is 29.3 Å². The van der Waals surface area contributed by atoms with Gasteiger partial charge in [0.2, 0.25) is 5.91 Å². The van der Waals surface area contributed by atoms with Crippen molar-refractivity contribution in [3.63, 3.8) is 0 Å². The van der Waals surface area contributed by atoms with Gasteiger partial charge in [-0.05, 0) is 18.1 Å². The van der Waals surface area contributed by atoms with Crippen LogP contribution in [-0.4, -0.2) is 26.1 Å². The molecule has 0 bridgehead atoms. The third-order valence-electron chi connectivity index (χ3n) is 3.32. The molecule has 1 atom stereocenters. The molecule has 0 aromatic heterocycles. The predicted octanol–water partition coefficient (Wildman–Crippen LogP) is 1.41. The number of aryl methyl sites for hydroxylation is 1. The van der Waals surface area contributed by atoms with Gasteiger partial charge in [-0.3, -0.25) is 4.79 Å². The second-order valence-corrected chi connectivity index (χ2v) is 4.49. The molecule has 1 aliphatic heterocycles. The molecule has 1 saturated heterocycles. The van der Waals surface area contributed by atoms with Gasteiger partial charge in [0.05, 0.1) is 13.2 Å². The molecule has 4 nitrogen and oxygen atoms in total. The van der Waals surface area contributed by atoms with Crippen LogP contribution in [0.2, 0.25) is 0 Å². The molecule has 1 unspecified atom stereocenters. The SMILES string of the molecule is CCc1ccc(OC)c(C2CNC(=O)CCN2)c1. The highest BCUT2D eigenvalue weighted by atomic mass is 16.5. The van der Waals surface area contributed by atoms with Crippen LogP contribution in [0, 0.1) is 0 Å². The van der Waals surface area contributed by atoms with E-state index >= 15 is 0 Å². The van der Waals surface area contributed by atoms with Crippen molar-refractivity contribution in [2.24, 2.45) is 0 Å². The summed E-state index contributed by atoms with van der Waals surface area (Å²) in [4.78, 5) is 11.4. The van der Waals surface area contributed by atoms with Crippen LogP contribution in [0.25, 0.3) is 0 Å². The fraction of sp³-hybridized carbons (Fsp3) is 0.500. The van der Waals surface area contributed by atoms with Crippen LogP contribution in [-0.2, 0) is 11.2 Å². The largest absolute Gasteiger partial charge is 0.496 e. The van der Waals surface area contributed by atoms with Crippen molar-refractivity contribution < 1.29 is 9.53 Å². The van der Waals surface area contributed by atoms with Crippen LogP contribution >= 0.6 is 0 Å². The summed E-state index contributed by atoms with van der Waals surface area (Å²) in [6.45, 7) is 3.45. The summed E-state index contributed by atoms with van der Waals surface area (Å²) in [5.41, 5.74) is 2.40. The number of ether oxygens (including phenoxy) is 1. The van der Waals surface area contributed by atoms with Crippen molar-refractivity contribution in [3.8, 4) is 5.75 Å². The summed E-state index contributed by atoms with van der Waals surface area (Å²) >= 11 is 0. The minimum atomic E-state index is 0.107. The van der Waals surface area contributed by atoms with Gasteiger partial charge in [-0.15, -0.1) is 0 Å². The Hall–Kier alpha value is -1.55. The van der Waals surface area contributed by atoms with Crippen molar-refractivity contribution >= 4 is 5.91 Å². The predicted molar refractivity (Wildman–Crippen MR) is 70.7 cm³/mol. The molecule has 2 rings (SSSR count). The minimum Gasteiger partial charge on any atom is -0.496 e. The van der Waals surface area contributed by atoms with E-state index in [0.29, 0.717) is 19.5 Å². The fourth-order valence-electron chi connectivity index (χ4n) is 2.23. The molecule has 1 aliphatic rings. The molecular weight excluding hydrogens is 228 g/mol. The molecular formula is C14H20N2O2. The summed E-state index contributed by atoms with van der Waals surface area (Å²) in [5.74, 6) is 0.983. The van der Waals surface area contributed by atoms with E-state index in [4.69, 9.17) is 4.74 Å². The van der Waals surface area contributed by atoms with Gasteiger partial charge < -0.3 is 15.4 Å². The quantitative estimate of drug-likeness (QED) is 0.850. The highest BCUT2D eigenvalue weighted by Crippen LogP contribution is 2.27. The van der Waals surface area contributed by atoms with Gasteiger partial charge in [0.25, 0.3) is 0 Å². The maximum Gasteiger partial charge on any atom is 0.221 e. The molecule has 0 saturated carbocycles. The zero-order chi connectivity index (χ0) is 13.0. The van der Waals surface area contributed by atoms with E-state index in [9.17, 15) is 4.79 Å². The lowest BCUT2D eigenvalue weighted by atomic mass is 10.0. The van der Waals surface area contributed by atoms with Gasteiger partial charge >= 0.3 is 0 Å². The number of carbonyl (C=O) groups excluding carboxylic acids is 1. The van der Waals surface area contributed by atoms with Gasteiger partial charge in [0.1, 0.15) is 5.75 Å². The number of rotatable bonds is 3. The number of carbonyl (C=O) groups is 1. The first kappa shape index (κ1) is 12.9. The van der Waals surface area contributed by atoms with Crippen molar-refractivity contribution in [1.29, 1.82) is 0 Å². The van der Waals surface area contributed by atoms with E-state index in [-0.39, 0.29) is 11.9 Å². The average Bonchev–Trinajstić information content (AvgIpc) is 2.62. The molecule has 98 valence electrons. The maximum absolute atomic E-state index is 11.4. The Morgan fingerprint density at radius 2 is 2.28 bits per heavy atom. The summed E-state index contributed by atoms with van der Waals surface area (Å²) in [5, 5.41) is 6.32. The van der Waals surface area contributed by atoms with Crippen molar-refractivity contribution in [2.75, 3.05) is 20.2 Å². The summed E-state index contributed by atoms with van der Waals surface area (Å²) < 4.78 is 5.41. The smallest absolute Gasteiger partial charge is 0.221 e. The lowest BCUT2D eigenvalue weighted by Crippen LogP contribution is -2.29. The molecule has 1 heterocycles. The van der Waals surface area contributed by atoms with E-state index in [1.165, 1.54) is 5.56 Å². The Bertz CT molecular complexity index is 432. The van der Waals surface area contributed by atoms with Crippen LogP contribution in [0.3, 0.4) is 0 Å². The Labute approximate surface area is 108 Å². The molecule has 0 aliphatic carbocycles. The lowest BCUT2D eigenvalue weighted by molar-refractivity contribution is -0.120. The highest BCUT2D eigenvalue weighted by Gasteiger charge is 2.20. The number of methoxy groups -OCH3 is 1. The van der Waals surface area contributed by atoms with Gasteiger partial charge in [0.15, 0.2) is 0 Å². The normalized spacial score (nSPS) is 20.1. The first-order chi connectivity index (χ1) is 8.74. The maximum atomic E-state index is 11.4. The van der Waals surface area contributed by atoms with Gasteiger partial charge in [-0.25, -0.2) is 0 Å². The van der Waals surface area contributed by atoms with Crippen molar-refractivity contribution in [2.45, 2.75) is 25.8 Å². The fourth-order valence-corrected chi connectivity index (χ4v) is 2.23. The number of benzene rings is 1. The first-order valence-electron chi connectivity index (χ1n) is 6.41. The Kier molecular flexibility index (Phi) is 4.20. The van der Waals surface area contributed by atoms with Crippen molar-refractivity contribution in [1.82, 2.24) is 10.6 Å². The second kappa shape index (κ2) is 5.87. The number of nitrogens with one attached hydrogen (secondary N) is 2. The van der Waals surface area contributed by atoms with Crippen LogP contribution in [0.5, 0.6) is 5.75 Å². The Balaban J connectivity index is 2.26. The molecule has 4 heteroatoms. The van der Waals surface area contributed by atoms with E-state index < -0.39 is 0 Å². The summed E-state index contributed by atoms with van der Waals surface area (Å²) in [7, 11) is 1.68. The topological polar surface area (TPSA) is 50.4 Å². The zero-order valence-electron chi connectivity index (χ0n) is 11.0. The average molecular weight is 248 g/mol. The molecule has 0 radical (unpaired) electrons. The third-order valence-corrected chi connectivity index (χ3v) is 3.32. The molecule has 2 N–H and O–H groups in total. The molecule has 0 spiro atoms. The first-order valence-corrected chi connectivity index (χ1v) is 6.41. The molecule has 1 aromatic rings. The minimum absolute atomic E-state index is 0.107.